The Balaban J connectivity index is 2.36. The van der Waals surface area contributed by atoms with Gasteiger partial charge in [-0.15, -0.1) is 0 Å². The lowest BCUT2D eigenvalue weighted by Crippen LogP contribution is -2.50. The predicted molar refractivity (Wildman–Crippen MR) is 66.9 cm³/mol. The van der Waals surface area contributed by atoms with Gasteiger partial charge in [-0.1, -0.05) is 0 Å². The largest absolute Gasteiger partial charge is 0.341 e. The highest BCUT2D eigenvalue weighted by molar-refractivity contribution is 5.96. The molecule has 0 saturated carbocycles. The molecule has 7 nitrogen and oxygen atoms in total. The third-order valence-electron chi connectivity index (χ3n) is 2.41. The maximum Gasteiger partial charge on any atom is 0.321 e. The minimum Gasteiger partial charge on any atom is -0.341 e. The molecule has 0 aliphatic rings. The molecule has 0 saturated heterocycles. The van der Waals surface area contributed by atoms with Crippen molar-refractivity contribution in [2.24, 2.45) is 0 Å². The minimum atomic E-state index is -0.506. The van der Waals surface area contributed by atoms with Gasteiger partial charge < -0.3 is 10.6 Å². The summed E-state index contributed by atoms with van der Waals surface area (Å²) in [5, 5.41) is 11.7. The maximum absolute atomic E-state index is 11.6. The van der Waals surface area contributed by atoms with Gasteiger partial charge in [0.05, 0.1) is 12.6 Å². The fourth-order valence-corrected chi connectivity index (χ4v) is 1.53. The molecule has 0 bridgehead atoms. The van der Waals surface area contributed by atoms with Gasteiger partial charge in [0, 0.05) is 25.5 Å². The summed E-state index contributed by atoms with van der Waals surface area (Å²) in [6, 6.07) is 0.950. The first kappa shape index (κ1) is 14.2. The smallest absolute Gasteiger partial charge is 0.321 e. The highest BCUT2D eigenvalue weighted by Crippen LogP contribution is 1.93. The van der Waals surface area contributed by atoms with Gasteiger partial charge >= 0.3 is 6.03 Å². The van der Waals surface area contributed by atoms with Crippen molar-refractivity contribution in [2.75, 3.05) is 7.05 Å². The minimum absolute atomic E-state index is 0.0651. The zero-order valence-corrected chi connectivity index (χ0v) is 10.8. The number of amides is 3. The monoisotopic (exact) mass is 253 g/mol. The summed E-state index contributed by atoms with van der Waals surface area (Å²) >= 11 is 0. The van der Waals surface area contributed by atoms with Gasteiger partial charge in [0.2, 0.25) is 5.91 Å². The molecule has 0 spiro atoms. The second-order valence-electron chi connectivity index (χ2n) is 4.09. The van der Waals surface area contributed by atoms with Crippen LogP contribution < -0.4 is 16.0 Å². The number of nitrogens with zero attached hydrogens (tertiary/aromatic N) is 2. The molecule has 1 aromatic rings. The second-order valence-corrected chi connectivity index (χ2v) is 4.09. The van der Waals surface area contributed by atoms with Crippen LogP contribution in [0.15, 0.2) is 18.5 Å². The van der Waals surface area contributed by atoms with Crippen molar-refractivity contribution in [3.63, 3.8) is 0 Å². The third kappa shape index (κ3) is 4.54. The molecule has 1 aromatic heterocycles. The third-order valence-corrected chi connectivity index (χ3v) is 2.41. The molecule has 3 amide bonds. The van der Waals surface area contributed by atoms with E-state index in [0.29, 0.717) is 6.54 Å². The number of carbonyl (C=O) groups excluding carboxylic acids is 2. The lowest BCUT2D eigenvalue weighted by atomic mass is 10.2. The van der Waals surface area contributed by atoms with Crippen LogP contribution in [0, 0.1) is 0 Å². The predicted octanol–water partition coefficient (Wildman–Crippen LogP) is -0.295. The molecule has 1 rings (SSSR count). The van der Waals surface area contributed by atoms with Crippen molar-refractivity contribution in [3.8, 4) is 0 Å². The Morgan fingerprint density at radius 3 is 2.67 bits per heavy atom. The van der Waals surface area contributed by atoms with E-state index >= 15 is 0 Å². The van der Waals surface area contributed by atoms with E-state index in [1.807, 2.05) is 19.2 Å². The number of hydrogen-bond donors (Lipinski definition) is 3. The normalized spacial score (nSPS) is 13.7. The number of rotatable bonds is 5. The molecular formula is C11H19N5O2. The Labute approximate surface area is 106 Å². The number of aromatic nitrogens is 2. The summed E-state index contributed by atoms with van der Waals surface area (Å²) in [4.78, 5) is 22.6. The van der Waals surface area contributed by atoms with E-state index in [9.17, 15) is 9.59 Å². The van der Waals surface area contributed by atoms with E-state index in [1.165, 1.54) is 7.05 Å². The number of carbonyl (C=O) groups is 2. The van der Waals surface area contributed by atoms with Crippen LogP contribution in [0.3, 0.4) is 0 Å². The highest BCUT2D eigenvalue weighted by atomic mass is 16.2. The van der Waals surface area contributed by atoms with Gasteiger partial charge in [0.15, 0.2) is 0 Å². The lowest BCUT2D eigenvalue weighted by molar-refractivity contribution is -0.121. The first-order chi connectivity index (χ1) is 8.52. The number of urea groups is 1. The van der Waals surface area contributed by atoms with Crippen molar-refractivity contribution >= 4 is 11.9 Å². The molecule has 3 N–H and O–H groups in total. The summed E-state index contributed by atoms with van der Waals surface area (Å²) in [5.41, 5.74) is 0. The first-order valence-corrected chi connectivity index (χ1v) is 5.79. The van der Waals surface area contributed by atoms with Crippen molar-refractivity contribution in [3.05, 3.63) is 18.5 Å². The van der Waals surface area contributed by atoms with Gasteiger partial charge in [-0.25, -0.2) is 4.79 Å². The molecule has 2 unspecified atom stereocenters. The Kier molecular flexibility index (Phi) is 5.31. The van der Waals surface area contributed by atoms with E-state index in [0.717, 1.165) is 0 Å². The van der Waals surface area contributed by atoms with Crippen molar-refractivity contribution in [2.45, 2.75) is 32.5 Å². The average Bonchev–Trinajstić information content (AvgIpc) is 2.81. The Bertz CT molecular complexity index is 390. The van der Waals surface area contributed by atoms with Crippen LogP contribution in [-0.4, -0.2) is 40.9 Å². The first-order valence-electron chi connectivity index (χ1n) is 5.79. The van der Waals surface area contributed by atoms with E-state index in [4.69, 9.17) is 0 Å². The lowest BCUT2D eigenvalue weighted by Gasteiger charge is -2.19. The van der Waals surface area contributed by atoms with E-state index in [-0.39, 0.29) is 11.9 Å². The van der Waals surface area contributed by atoms with Gasteiger partial charge in [0.25, 0.3) is 0 Å². The fourth-order valence-electron chi connectivity index (χ4n) is 1.53. The summed E-state index contributed by atoms with van der Waals surface area (Å²) in [5.74, 6) is -0.360. The zero-order valence-electron chi connectivity index (χ0n) is 10.8. The Morgan fingerprint density at radius 1 is 1.39 bits per heavy atom. The number of nitrogens with one attached hydrogen (secondary N) is 3. The molecule has 0 fully saturated rings. The maximum atomic E-state index is 11.6. The molecule has 18 heavy (non-hydrogen) atoms. The van der Waals surface area contributed by atoms with Crippen LogP contribution in [0.25, 0.3) is 0 Å². The van der Waals surface area contributed by atoms with Crippen LogP contribution in [0.2, 0.25) is 0 Å². The summed E-state index contributed by atoms with van der Waals surface area (Å²) < 4.78 is 1.78. The molecule has 2 atom stereocenters. The SMILES string of the molecule is CNC(=O)NC(=O)C(C)NC(C)Cn1cccn1. The topological polar surface area (TPSA) is 88.0 Å². The van der Waals surface area contributed by atoms with Crippen LogP contribution in [-0.2, 0) is 11.3 Å². The van der Waals surface area contributed by atoms with Gasteiger partial charge in [-0.05, 0) is 19.9 Å². The second kappa shape index (κ2) is 6.75. The molecule has 1 heterocycles. The van der Waals surface area contributed by atoms with Crippen molar-refractivity contribution in [1.82, 2.24) is 25.7 Å². The summed E-state index contributed by atoms with van der Waals surface area (Å²) in [6.45, 7) is 4.31. The quantitative estimate of drug-likeness (QED) is 0.672. The average molecular weight is 253 g/mol. The number of hydrogen-bond acceptors (Lipinski definition) is 4. The molecule has 0 aliphatic carbocycles. The van der Waals surface area contributed by atoms with Crippen LogP contribution in [0.5, 0.6) is 0 Å². The Hall–Kier alpha value is -1.89. The van der Waals surface area contributed by atoms with Crippen LogP contribution >= 0.6 is 0 Å². The van der Waals surface area contributed by atoms with E-state index < -0.39 is 12.1 Å². The summed E-state index contributed by atoms with van der Waals surface area (Å²) in [6.07, 6.45) is 3.56. The fraction of sp³-hybridized carbons (Fsp3) is 0.545. The van der Waals surface area contributed by atoms with Crippen molar-refractivity contribution < 1.29 is 9.59 Å². The molecule has 0 aliphatic heterocycles. The molecule has 100 valence electrons. The van der Waals surface area contributed by atoms with E-state index in [2.05, 4.69) is 21.0 Å². The molecular weight excluding hydrogens is 234 g/mol. The van der Waals surface area contributed by atoms with Gasteiger partial charge in [-0.2, -0.15) is 5.10 Å². The molecule has 7 heteroatoms. The zero-order chi connectivity index (χ0) is 13.5. The van der Waals surface area contributed by atoms with Crippen molar-refractivity contribution in [1.29, 1.82) is 0 Å². The van der Waals surface area contributed by atoms with Crippen LogP contribution in [0.4, 0.5) is 4.79 Å². The standard InChI is InChI=1S/C11H19N5O2/c1-8(7-16-6-4-5-13-16)14-9(2)10(17)15-11(18)12-3/h4-6,8-9,14H,7H2,1-3H3,(H2,12,15,17,18). The Morgan fingerprint density at radius 2 is 2.11 bits per heavy atom. The highest BCUT2D eigenvalue weighted by Gasteiger charge is 2.17. The van der Waals surface area contributed by atoms with E-state index in [1.54, 1.807) is 17.8 Å². The van der Waals surface area contributed by atoms with Gasteiger partial charge in [0.1, 0.15) is 0 Å². The van der Waals surface area contributed by atoms with Crippen LogP contribution in [0.1, 0.15) is 13.8 Å². The molecule has 0 aromatic carbocycles. The van der Waals surface area contributed by atoms with Gasteiger partial charge in [-0.3, -0.25) is 14.8 Å². The molecule has 0 radical (unpaired) electrons. The summed E-state index contributed by atoms with van der Waals surface area (Å²) in [7, 11) is 1.46. The number of imide groups is 1.